The molecule has 0 aromatic carbocycles. The van der Waals surface area contributed by atoms with Gasteiger partial charge in [-0.25, -0.2) is 0 Å². The van der Waals surface area contributed by atoms with Gasteiger partial charge < -0.3 is 14.7 Å². The van der Waals surface area contributed by atoms with Gasteiger partial charge in [0.05, 0.1) is 17.7 Å². The van der Waals surface area contributed by atoms with Gasteiger partial charge in [-0.05, 0) is 12.5 Å². The number of rotatable bonds is 5. The Hall–Kier alpha value is -1.62. The maximum Gasteiger partial charge on any atom is 0.231 e. The van der Waals surface area contributed by atoms with E-state index in [0.29, 0.717) is 18.3 Å². The molecule has 5 heteroatoms. The van der Waals surface area contributed by atoms with Crippen molar-refractivity contribution in [1.29, 1.82) is 0 Å². The van der Waals surface area contributed by atoms with Crippen LogP contribution in [-0.2, 0) is 0 Å². The summed E-state index contributed by atoms with van der Waals surface area (Å²) in [7, 11) is 0. The van der Waals surface area contributed by atoms with Crippen LogP contribution in [0.25, 0.3) is 11.4 Å². The molecule has 5 nitrogen and oxygen atoms in total. The SMILES string of the molecule is CCCC(CN)c1nc(-c2ccoc2)no1. The molecule has 2 N–H and O–H groups in total. The minimum absolute atomic E-state index is 0.151. The molecule has 0 fully saturated rings. The average molecular weight is 221 g/mol. The molecule has 2 aromatic heterocycles. The van der Waals surface area contributed by atoms with Crippen LogP contribution in [0, 0.1) is 0 Å². The maximum absolute atomic E-state index is 5.67. The second kappa shape index (κ2) is 4.94. The van der Waals surface area contributed by atoms with Gasteiger partial charge in [-0.15, -0.1) is 0 Å². The summed E-state index contributed by atoms with van der Waals surface area (Å²) in [5, 5.41) is 3.91. The molecule has 0 radical (unpaired) electrons. The van der Waals surface area contributed by atoms with Gasteiger partial charge in [0.2, 0.25) is 11.7 Å². The fraction of sp³-hybridized carbons (Fsp3) is 0.455. The van der Waals surface area contributed by atoms with Crippen molar-refractivity contribution >= 4 is 0 Å². The van der Waals surface area contributed by atoms with Gasteiger partial charge in [-0.2, -0.15) is 4.98 Å². The van der Waals surface area contributed by atoms with Crippen LogP contribution < -0.4 is 5.73 Å². The normalized spacial score (nSPS) is 12.9. The quantitative estimate of drug-likeness (QED) is 0.837. The third-order valence-electron chi connectivity index (χ3n) is 2.49. The maximum atomic E-state index is 5.67. The second-order valence-corrected chi connectivity index (χ2v) is 3.69. The molecule has 0 bridgehead atoms. The van der Waals surface area contributed by atoms with Gasteiger partial charge in [0.15, 0.2) is 0 Å². The van der Waals surface area contributed by atoms with Crippen LogP contribution in [0.5, 0.6) is 0 Å². The highest BCUT2D eigenvalue weighted by Crippen LogP contribution is 2.22. The first kappa shape index (κ1) is 10.9. The van der Waals surface area contributed by atoms with Crippen molar-refractivity contribution in [3.8, 4) is 11.4 Å². The van der Waals surface area contributed by atoms with Crippen LogP contribution in [-0.4, -0.2) is 16.7 Å². The molecule has 1 atom stereocenters. The fourth-order valence-corrected chi connectivity index (χ4v) is 1.60. The van der Waals surface area contributed by atoms with Crippen LogP contribution in [0.1, 0.15) is 31.6 Å². The largest absolute Gasteiger partial charge is 0.472 e. The Balaban J connectivity index is 2.18. The number of furan rings is 1. The summed E-state index contributed by atoms with van der Waals surface area (Å²) in [5.41, 5.74) is 6.49. The molecule has 0 aliphatic carbocycles. The summed E-state index contributed by atoms with van der Waals surface area (Å²) in [6, 6.07) is 1.80. The Kier molecular flexibility index (Phi) is 3.36. The zero-order valence-corrected chi connectivity index (χ0v) is 9.22. The molecule has 0 amide bonds. The summed E-state index contributed by atoms with van der Waals surface area (Å²) in [6.07, 6.45) is 5.18. The van der Waals surface area contributed by atoms with E-state index in [9.17, 15) is 0 Å². The van der Waals surface area contributed by atoms with Gasteiger partial charge >= 0.3 is 0 Å². The lowest BCUT2D eigenvalue weighted by Gasteiger charge is -2.06. The van der Waals surface area contributed by atoms with Crippen LogP contribution in [0.4, 0.5) is 0 Å². The first-order chi connectivity index (χ1) is 7.85. The zero-order chi connectivity index (χ0) is 11.4. The van der Waals surface area contributed by atoms with E-state index < -0.39 is 0 Å². The molecule has 1 unspecified atom stereocenters. The predicted molar refractivity (Wildman–Crippen MR) is 58.7 cm³/mol. The predicted octanol–water partition coefficient (Wildman–Crippen LogP) is 2.17. The highest BCUT2D eigenvalue weighted by atomic mass is 16.5. The molecular weight excluding hydrogens is 206 g/mol. The van der Waals surface area contributed by atoms with Crippen molar-refractivity contribution in [1.82, 2.24) is 10.1 Å². The third kappa shape index (κ3) is 2.14. The summed E-state index contributed by atoms with van der Waals surface area (Å²) >= 11 is 0. The molecule has 2 aromatic rings. The Labute approximate surface area is 93.6 Å². The number of hydrogen-bond acceptors (Lipinski definition) is 5. The molecular formula is C11H15N3O2. The van der Waals surface area contributed by atoms with Crippen LogP contribution >= 0.6 is 0 Å². The lowest BCUT2D eigenvalue weighted by molar-refractivity contribution is 0.347. The zero-order valence-electron chi connectivity index (χ0n) is 9.22. The van der Waals surface area contributed by atoms with Crippen molar-refractivity contribution < 1.29 is 8.94 Å². The smallest absolute Gasteiger partial charge is 0.231 e. The number of nitrogens with two attached hydrogens (primary N) is 1. The van der Waals surface area contributed by atoms with E-state index >= 15 is 0 Å². The topological polar surface area (TPSA) is 78.1 Å². The summed E-state index contributed by atoms with van der Waals surface area (Å²) in [5.74, 6) is 1.32. The first-order valence-corrected chi connectivity index (χ1v) is 5.41. The van der Waals surface area contributed by atoms with E-state index in [1.165, 1.54) is 0 Å². The molecule has 0 spiro atoms. The third-order valence-corrected chi connectivity index (χ3v) is 2.49. The highest BCUT2D eigenvalue weighted by Gasteiger charge is 2.17. The van der Waals surface area contributed by atoms with Crippen molar-refractivity contribution in [2.75, 3.05) is 6.54 Å². The summed E-state index contributed by atoms with van der Waals surface area (Å²) in [4.78, 5) is 4.32. The number of nitrogens with zero attached hydrogens (tertiary/aromatic N) is 2. The summed E-state index contributed by atoms with van der Waals surface area (Å²) < 4.78 is 10.2. The average Bonchev–Trinajstić information content (AvgIpc) is 2.95. The Morgan fingerprint density at radius 3 is 3.00 bits per heavy atom. The van der Waals surface area contributed by atoms with Crippen molar-refractivity contribution in [3.05, 3.63) is 24.5 Å². The van der Waals surface area contributed by atoms with Gasteiger partial charge in [-0.3, -0.25) is 0 Å². The standard InChI is InChI=1S/C11H15N3O2/c1-2-3-8(6-12)11-13-10(14-16-11)9-4-5-15-7-9/h4-5,7-8H,2-3,6,12H2,1H3. The molecule has 0 aliphatic rings. The van der Waals surface area contributed by atoms with Crippen molar-refractivity contribution in [3.63, 3.8) is 0 Å². The monoisotopic (exact) mass is 221 g/mol. The molecule has 0 aliphatic heterocycles. The molecule has 0 saturated carbocycles. The van der Waals surface area contributed by atoms with Gasteiger partial charge in [0.25, 0.3) is 0 Å². The Bertz CT molecular complexity index is 422. The second-order valence-electron chi connectivity index (χ2n) is 3.69. The van der Waals surface area contributed by atoms with Gasteiger partial charge in [-0.1, -0.05) is 18.5 Å². The van der Waals surface area contributed by atoms with E-state index in [0.717, 1.165) is 18.4 Å². The fourth-order valence-electron chi connectivity index (χ4n) is 1.60. The van der Waals surface area contributed by atoms with E-state index in [4.69, 9.17) is 14.7 Å². The minimum Gasteiger partial charge on any atom is -0.472 e. The number of hydrogen-bond donors (Lipinski definition) is 1. The van der Waals surface area contributed by atoms with E-state index in [-0.39, 0.29) is 5.92 Å². The lowest BCUT2D eigenvalue weighted by Crippen LogP contribution is -2.12. The van der Waals surface area contributed by atoms with Crippen LogP contribution in [0.2, 0.25) is 0 Å². The molecule has 2 heterocycles. The van der Waals surface area contributed by atoms with Crippen molar-refractivity contribution in [2.45, 2.75) is 25.7 Å². The summed E-state index contributed by atoms with van der Waals surface area (Å²) in [6.45, 7) is 2.64. The van der Waals surface area contributed by atoms with E-state index in [1.807, 2.05) is 0 Å². The highest BCUT2D eigenvalue weighted by molar-refractivity contribution is 5.51. The van der Waals surface area contributed by atoms with Gasteiger partial charge in [0, 0.05) is 6.54 Å². The molecule has 86 valence electrons. The molecule has 16 heavy (non-hydrogen) atoms. The van der Waals surface area contributed by atoms with Crippen molar-refractivity contribution in [2.24, 2.45) is 5.73 Å². The van der Waals surface area contributed by atoms with E-state index in [2.05, 4.69) is 17.1 Å². The van der Waals surface area contributed by atoms with E-state index in [1.54, 1.807) is 18.6 Å². The molecule has 2 rings (SSSR count). The minimum atomic E-state index is 0.151. The van der Waals surface area contributed by atoms with Gasteiger partial charge in [0.1, 0.15) is 6.26 Å². The Morgan fingerprint density at radius 2 is 2.38 bits per heavy atom. The Morgan fingerprint density at radius 1 is 1.50 bits per heavy atom. The molecule has 0 saturated heterocycles. The number of aromatic nitrogens is 2. The van der Waals surface area contributed by atoms with Crippen LogP contribution in [0.3, 0.4) is 0 Å². The van der Waals surface area contributed by atoms with Crippen LogP contribution in [0.15, 0.2) is 27.5 Å². The first-order valence-electron chi connectivity index (χ1n) is 5.41. The lowest BCUT2D eigenvalue weighted by atomic mass is 10.0.